The molecular formula is C9H15N3O2. The summed E-state index contributed by atoms with van der Waals surface area (Å²) in [6.07, 6.45) is 2.13. The summed E-state index contributed by atoms with van der Waals surface area (Å²) in [6, 6.07) is -0.194. The molecule has 1 fully saturated rings. The fraction of sp³-hybridized carbons (Fsp3) is 0.778. The van der Waals surface area contributed by atoms with Gasteiger partial charge in [0.15, 0.2) is 5.82 Å². The average Bonchev–Trinajstić information content (AvgIpc) is 2.68. The van der Waals surface area contributed by atoms with Crippen LogP contribution in [0.25, 0.3) is 0 Å². The molecule has 1 aromatic rings. The monoisotopic (exact) mass is 197 g/mol. The van der Waals surface area contributed by atoms with Gasteiger partial charge in [-0.2, -0.15) is 4.98 Å². The summed E-state index contributed by atoms with van der Waals surface area (Å²) in [6.45, 7) is 3.36. The third kappa shape index (κ3) is 1.93. The van der Waals surface area contributed by atoms with Crippen molar-refractivity contribution in [2.45, 2.75) is 31.7 Å². The fourth-order valence-electron chi connectivity index (χ4n) is 1.54. The summed E-state index contributed by atoms with van der Waals surface area (Å²) >= 11 is 0. The van der Waals surface area contributed by atoms with Gasteiger partial charge in [-0.25, -0.2) is 0 Å². The molecule has 2 heterocycles. The number of ether oxygens (including phenoxy) is 1. The maximum atomic E-state index is 5.63. The van der Waals surface area contributed by atoms with Gasteiger partial charge in [-0.15, -0.1) is 0 Å². The topological polar surface area (TPSA) is 74.2 Å². The van der Waals surface area contributed by atoms with Crippen molar-refractivity contribution in [2.75, 3.05) is 13.2 Å². The van der Waals surface area contributed by atoms with Gasteiger partial charge in [0.05, 0.1) is 12.6 Å². The van der Waals surface area contributed by atoms with E-state index in [9.17, 15) is 0 Å². The lowest BCUT2D eigenvalue weighted by Gasteiger charge is -2.18. The highest BCUT2D eigenvalue weighted by molar-refractivity contribution is 4.98. The molecule has 1 aliphatic rings. The second-order valence-electron chi connectivity index (χ2n) is 3.69. The van der Waals surface area contributed by atoms with Crippen molar-refractivity contribution >= 4 is 0 Å². The average molecular weight is 197 g/mol. The minimum Gasteiger partial charge on any atom is -0.381 e. The summed E-state index contributed by atoms with van der Waals surface area (Å²) in [5, 5.41) is 3.92. The SMILES string of the molecule is CC(N)c1nc(C2CCCOC2)no1. The Bertz CT molecular complexity index is 292. The van der Waals surface area contributed by atoms with E-state index in [1.54, 1.807) is 0 Å². The molecule has 2 unspecified atom stereocenters. The molecule has 1 saturated heterocycles. The molecule has 2 rings (SSSR count). The molecule has 5 nitrogen and oxygen atoms in total. The highest BCUT2D eigenvalue weighted by Gasteiger charge is 2.22. The van der Waals surface area contributed by atoms with Crippen LogP contribution in [-0.2, 0) is 4.74 Å². The van der Waals surface area contributed by atoms with E-state index in [1.807, 2.05) is 6.92 Å². The van der Waals surface area contributed by atoms with Crippen molar-refractivity contribution < 1.29 is 9.26 Å². The van der Waals surface area contributed by atoms with Crippen LogP contribution < -0.4 is 5.73 Å². The third-order valence-electron chi connectivity index (χ3n) is 2.37. The predicted octanol–water partition coefficient (Wildman–Crippen LogP) is 0.983. The van der Waals surface area contributed by atoms with E-state index < -0.39 is 0 Å². The van der Waals surface area contributed by atoms with Crippen LogP contribution in [0.3, 0.4) is 0 Å². The van der Waals surface area contributed by atoms with Crippen LogP contribution in [0.2, 0.25) is 0 Å². The van der Waals surface area contributed by atoms with Gasteiger partial charge < -0.3 is 15.0 Å². The van der Waals surface area contributed by atoms with Gasteiger partial charge >= 0.3 is 0 Å². The Labute approximate surface area is 82.6 Å². The first-order valence-corrected chi connectivity index (χ1v) is 4.94. The van der Waals surface area contributed by atoms with Gasteiger partial charge in [-0.3, -0.25) is 0 Å². The minimum atomic E-state index is -0.194. The lowest BCUT2D eigenvalue weighted by molar-refractivity contribution is 0.0773. The first-order valence-electron chi connectivity index (χ1n) is 4.94. The zero-order chi connectivity index (χ0) is 9.97. The number of rotatable bonds is 2. The Morgan fingerprint density at radius 1 is 1.57 bits per heavy atom. The highest BCUT2D eigenvalue weighted by atomic mass is 16.5. The van der Waals surface area contributed by atoms with Crippen molar-refractivity contribution in [2.24, 2.45) is 5.73 Å². The van der Waals surface area contributed by atoms with E-state index in [0.29, 0.717) is 12.5 Å². The summed E-state index contributed by atoms with van der Waals surface area (Å²) in [5.41, 5.74) is 5.63. The molecule has 1 aliphatic heterocycles. The van der Waals surface area contributed by atoms with Crippen LogP contribution in [0.1, 0.15) is 43.4 Å². The van der Waals surface area contributed by atoms with E-state index in [-0.39, 0.29) is 12.0 Å². The highest BCUT2D eigenvalue weighted by Crippen LogP contribution is 2.23. The molecule has 0 bridgehead atoms. The molecule has 0 aliphatic carbocycles. The molecule has 14 heavy (non-hydrogen) atoms. The van der Waals surface area contributed by atoms with Gasteiger partial charge in [-0.1, -0.05) is 5.16 Å². The lowest BCUT2D eigenvalue weighted by atomic mass is 10.0. The fourth-order valence-corrected chi connectivity index (χ4v) is 1.54. The lowest BCUT2D eigenvalue weighted by Crippen LogP contribution is -2.16. The Morgan fingerprint density at radius 2 is 2.43 bits per heavy atom. The number of nitrogens with two attached hydrogens (primary N) is 1. The normalized spacial score (nSPS) is 24.9. The molecule has 0 radical (unpaired) electrons. The number of hydrogen-bond donors (Lipinski definition) is 1. The van der Waals surface area contributed by atoms with Crippen molar-refractivity contribution in [3.8, 4) is 0 Å². The van der Waals surface area contributed by atoms with Gasteiger partial charge in [0.25, 0.3) is 0 Å². The molecule has 78 valence electrons. The summed E-state index contributed by atoms with van der Waals surface area (Å²) < 4.78 is 10.4. The van der Waals surface area contributed by atoms with Crippen LogP contribution in [-0.4, -0.2) is 23.4 Å². The minimum absolute atomic E-state index is 0.194. The maximum absolute atomic E-state index is 5.63. The van der Waals surface area contributed by atoms with Crippen LogP contribution >= 0.6 is 0 Å². The van der Waals surface area contributed by atoms with Gasteiger partial charge in [0, 0.05) is 12.5 Å². The zero-order valence-corrected chi connectivity index (χ0v) is 8.27. The van der Waals surface area contributed by atoms with Gasteiger partial charge in [0.1, 0.15) is 0 Å². The quantitative estimate of drug-likeness (QED) is 0.765. The van der Waals surface area contributed by atoms with E-state index in [0.717, 1.165) is 25.3 Å². The molecule has 2 atom stereocenters. The predicted molar refractivity (Wildman–Crippen MR) is 49.7 cm³/mol. The number of hydrogen-bond acceptors (Lipinski definition) is 5. The molecule has 0 spiro atoms. The molecule has 2 N–H and O–H groups in total. The van der Waals surface area contributed by atoms with Gasteiger partial charge in [0.2, 0.25) is 5.89 Å². The molecule has 0 amide bonds. The Kier molecular flexibility index (Phi) is 2.79. The van der Waals surface area contributed by atoms with E-state index in [1.165, 1.54) is 0 Å². The standard InChI is InChI=1S/C9H15N3O2/c1-6(10)9-11-8(12-14-9)7-3-2-4-13-5-7/h6-7H,2-5,10H2,1H3. The maximum Gasteiger partial charge on any atom is 0.243 e. The smallest absolute Gasteiger partial charge is 0.243 e. The summed E-state index contributed by atoms with van der Waals surface area (Å²) in [5.74, 6) is 1.52. The van der Waals surface area contributed by atoms with E-state index in [4.69, 9.17) is 15.0 Å². The van der Waals surface area contributed by atoms with E-state index >= 15 is 0 Å². The number of nitrogens with zero attached hydrogens (tertiary/aromatic N) is 2. The third-order valence-corrected chi connectivity index (χ3v) is 2.37. The van der Waals surface area contributed by atoms with Crippen LogP contribution in [0.5, 0.6) is 0 Å². The van der Waals surface area contributed by atoms with Crippen molar-refractivity contribution in [3.63, 3.8) is 0 Å². The van der Waals surface area contributed by atoms with E-state index in [2.05, 4.69) is 10.1 Å². The zero-order valence-electron chi connectivity index (χ0n) is 8.27. The second kappa shape index (κ2) is 4.06. The van der Waals surface area contributed by atoms with Crippen molar-refractivity contribution in [3.05, 3.63) is 11.7 Å². The summed E-state index contributed by atoms with van der Waals surface area (Å²) in [4.78, 5) is 4.25. The largest absolute Gasteiger partial charge is 0.381 e. The Morgan fingerprint density at radius 3 is 3.00 bits per heavy atom. The molecule has 0 saturated carbocycles. The van der Waals surface area contributed by atoms with Crippen LogP contribution in [0.15, 0.2) is 4.52 Å². The Hall–Kier alpha value is -0.940. The molecular weight excluding hydrogens is 182 g/mol. The molecule has 5 heteroatoms. The van der Waals surface area contributed by atoms with Crippen molar-refractivity contribution in [1.29, 1.82) is 0 Å². The number of aromatic nitrogens is 2. The second-order valence-corrected chi connectivity index (χ2v) is 3.69. The van der Waals surface area contributed by atoms with Crippen molar-refractivity contribution in [1.82, 2.24) is 10.1 Å². The molecule has 1 aromatic heterocycles. The Balaban J connectivity index is 2.07. The summed E-state index contributed by atoms with van der Waals surface area (Å²) in [7, 11) is 0. The van der Waals surface area contributed by atoms with Gasteiger partial charge in [-0.05, 0) is 19.8 Å². The van der Waals surface area contributed by atoms with Crippen LogP contribution in [0.4, 0.5) is 0 Å². The first kappa shape index (κ1) is 9.61. The van der Waals surface area contributed by atoms with Crippen LogP contribution in [0, 0.1) is 0 Å². The first-order chi connectivity index (χ1) is 6.77. The molecule has 0 aromatic carbocycles.